The molecule has 4 heteroatoms. The molecular formula is H3CoFeNSm. The number of hydrogen-bond acceptors (Lipinski definition) is 1. The molecule has 0 atom stereocenters. The van der Waals surface area contributed by atoms with E-state index in [0.29, 0.717) is 0 Å². The van der Waals surface area contributed by atoms with Crippen LogP contribution in [-0.2, 0) is 33.8 Å². The van der Waals surface area contributed by atoms with Crippen LogP contribution in [0.25, 0.3) is 0 Å². The fourth-order valence-corrected chi connectivity index (χ4v) is 0. The van der Waals surface area contributed by atoms with Gasteiger partial charge in [-0.1, -0.05) is 0 Å². The molecule has 0 aromatic carbocycles. The fraction of sp³-hybridized carbons (Fsp3) is 0. The van der Waals surface area contributed by atoms with Gasteiger partial charge in [0.25, 0.3) is 0 Å². The molecule has 0 amide bonds. The first-order chi connectivity index (χ1) is 0. The van der Waals surface area contributed by atoms with E-state index < -0.39 is 0 Å². The maximum absolute atomic E-state index is 0. The molecular weight excluding hydrogens is 279 g/mol. The van der Waals surface area contributed by atoms with Crippen molar-refractivity contribution in [2.24, 2.45) is 0 Å². The molecule has 1 radical (unpaired) electrons. The fourth-order valence-electron chi connectivity index (χ4n) is 0. The van der Waals surface area contributed by atoms with Crippen LogP contribution < -0.4 is 6.15 Å². The quantitative estimate of drug-likeness (QED) is 0.631. The maximum atomic E-state index is 0. The molecule has 1 nitrogen and oxygen atoms in total. The van der Waals surface area contributed by atoms with Crippen molar-refractivity contribution in [1.82, 2.24) is 6.15 Å². The van der Waals surface area contributed by atoms with Crippen molar-refractivity contribution < 1.29 is 74.2 Å². The Morgan fingerprint density at radius 2 is 1.00 bits per heavy atom. The van der Waals surface area contributed by atoms with E-state index in [-0.39, 0.29) is 80.4 Å². The zero-order valence-electron chi connectivity index (χ0n) is 1.80. The largest absolute Gasteiger partial charge is 0.344 e. The van der Waals surface area contributed by atoms with Gasteiger partial charge in [-0.25, -0.2) is 0 Å². The Hall–Kier alpha value is 2.32. The topological polar surface area (TPSA) is 35.0 Å². The maximum Gasteiger partial charge on any atom is 0 e. The van der Waals surface area contributed by atoms with E-state index in [4.69, 9.17) is 0 Å². The predicted octanol–water partition coefficient (Wildman–Crippen LogP) is 0.157. The number of hydrogen-bond donors (Lipinski definition) is 1. The third kappa shape index (κ3) is 8.85. The minimum absolute atomic E-state index is 0. The molecule has 0 unspecified atom stereocenters. The second kappa shape index (κ2) is 18.4. The van der Waals surface area contributed by atoms with Gasteiger partial charge in [0, 0.05) is 74.2 Å². The molecule has 0 aliphatic heterocycles. The summed E-state index contributed by atoms with van der Waals surface area (Å²) in [5.41, 5.74) is 0. The van der Waals surface area contributed by atoms with Crippen molar-refractivity contribution in [2.45, 2.75) is 0 Å². The van der Waals surface area contributed by atoms with E-state index in [2.05, 4.69) is 0 Å². The molecule has 0 spiro atoms. The van der Waals surface area contributed by atoms with Crippen LogP contribution in [0.15, 0.2) is 0 Å². The summed E-state index contributed by atoms with van der Waals surface area (Å²) in [6.45, 7) is 0. The van der Waals surface area contributed by atoms with Gasteiger partial charge in [0.1, 0.15) is 0 Å². The standard InChI is InChI=1S/Co.Fe.H3N.Sm/h;;1H3;. The molecule has 0 aliphatic carbocycles. The summed E-state index contributed by atoms with van der Waals surface area (Å²) in [4.78, 5) is 0. The SMILES string of the molecule is N.[Co].[Fe].[Sm]. The van der Waals surface area contributed by atoms with Crippen molar-refractivity contribution in [3.8, 4) is 0 Å². The van der Waals surface area contributed by atoms with Crippen LogP contribution in [0.3, 0.4) is 0 Å². The third-order valence-corrected chi connectivity index (χ3v) is 0. The van der Waals surface area contributed by atoms with Crippen LogP contribution in [-0.4, -0.2) is 0 Å². The molecule has 0 aromatic heterocycles. The van der Waals surface area contributed by atoms with Gasteiger partial charge >= 0.3 is 0 Å². The molecule has 3 N–H and O–H groups in total. The molecule has 4 heavy (non-hydrogen) atoms. The van der Waals surface area contributed by atoms with E-state index in [9.17, 15) is 0 Å². The molecule has 0 aromatic rings. The molecule has 0 saturated carbocycles. The van der Waals surface area contributed by atoms with Crippen LogP contribution in [0.2, 0.25) is 0 Å². The van der Waals surface area contributed by atoms with Crippen LogP contribution in [0.5, 0.6) is 0 Å². The van der Waals surface area contributed by atoms with Crippen LogP contribution in [0.1, 0.15) is 0 Å². The summed E-state index contributed by atoms with van der Waals surface area (Å²) in [5, 5.41) is 0. The Morgan fingerprint density at radius 1 is 1.00 bits per heavy atom. The second-order valence-corrected chi connectivity index (χ2v) is 0. The van der Waals surface area contributed by atoms with Gasteiger partial charge in [-0.15, -0.1) is 0 Å². The van der Waals surface area contributed by atoms with Gasteiger partial charge in [0.05, 0.1) is 0 Å². The van der Waals surface area contributed by atoms with Crippen molar-refractivity contribution in [2.75, 3.05) is 0 Å². The first kappa shape index (κ1) is 33.2. The summed E-state index contributed by atoms with van der Waals surface area (Å²) in [6.07, 6.45) is 0. The molecule has 0 aliphatic rings. The van der Waals surface area contributed by atoms with E-state index in [1.54, 1.807) is 0 Å². The van der Waals surface area contributed by atoms with E-state index in [0.717, 1.165) is 0 Å². The van der Waals surface area contributed by atoms with E-state index in [1.807, 2.05) is 0 Å². The molecule has 0 fully saturated rings. The molecule has 31 valence electrons. The van der Waals surface area contributed by atoms with Crippen molar-refractivity contribution in [3.05, 3.63) is 0 Å². The molecule has 0 bridgehead atoms. The normalized spacial score (nSPS) is 0. The van der Waals surface area contributed by atoms with Gasteiger partial charge in [0.2, 0.25) is 0 Å². The van der Waals surface area contributed by atoms with Gasteiger partial charge < -0.3 is 6.15 Å². The zero-order chi connectivity index (χ0) is 0. The van der Waals surface area contributed by atoms with Crippen LogP contribution in [0.4, 0.5) is 0 Å². The first-order valence-electron chi connectivity index (χ1n) is 0. The van der Waals surface area contributed by atoms with Crippen molar-refractivity contribution >= 4 is 0 Å². The Balaban J connectivity index is 0. The number of rotatable bonds is 0. The molecule has 0 rings (SSSR count). The average Bonchev–Trinajstić information content (AvgIpc) is 0. The second-order valence-electron chi connectivity index (χ2n) is 0. The zero-order valence-corrected chi connectivity index (χ0v) is 6.57. The molecule has 0 saturated heterocycles. The summed E-state index contributed by atoms with van der Waals surface area (Å²) in [7, 11) is 0. The minimum atomic E-state index is 0. The minimum Gasteiger partial charge on any atom is -0.344 e. The van der Waals surface area contributed by atoms with E-state index in [1.165, 1.54) is 0 Å². The monoisotopic (exact) mass is 284 g/mol. The predicted molar refractivity (Wildman–Crippen MR) is 5.02 cm³/mol. The summed E-state index contributed by atoms with van der Waals surface area (Å²) >= 11 is 0. The Morgan fingerprint density at radius 3 is 1.00 bits per heavy atom. The van der Waals surface area contributed by atoms with Crippen LogP contribution in [0, 0.1) is 40.4 Å². The molecule has 0 heterocycles. The Labute approximate surface area is 79.0 Å². The smallest absolute Gasteiger partial charge is 0 e. The van der Waals surface area contributed by atoms with E-state index >= 15 is 0 Å². The Bertz CT molecular complexity index is 8.00. The Kier molecular flexibility index (Phi) is 153. The summed E-state index contributed by atoms with van der Waals surface area (Å²) in [6, 6.07) is 0. The summed E-state index contributed by atoms with van der Waals surface area (Å²) < 4.78 is 0. The third-order valence-electron chi connectivity index (χ3n) is 0. The van der Waals surface area contributed by atoms with Crippen molar-refractivity contribution in [3.63, 3.8) is 0 Å². The summed E-state index contributed by atoms with van der Waals surface area (Å²) in [5.74, 6) is 0. The van der Waals surface area contributed by atoms with Gasteiger partial charge in [0.15, 0.2) is 0 Å². The van der Waals surface area contributed by atoms with Gasteiger partial charge in [-0.05, 0) is 0 Å². The van der Waals surface area contributed by atoms with Gasteiger partial charge in [-0.3, -0.25) is 0 Å². The van der Waals surface area contributed by atoms with Crippen molar-refractivity contribution in [1.29, 1.82) is 0 Å². The van der Waals surface area contributed by atoms with Crippen LogP contribution >= 0.6 is 0 Å². The first-order valence-corrected chi connectivity index (χ1v) is 0. The average molecular weight is 282 g/mol. The van der Waals surface area contributed by atoms with Gasteiger partial charge in [-0.2, -0.15) is 0 Å².